The summed E-state index contributed by atoms with van der Waals surface area (Å²) in [5, 5.41) is 9.75. The number of carbonyl (C=O) groups excluding carboxylic acids is 2. The molecule has 0 fully saturated rings. The van der Waals surface area contributed by atoms with Crippen molar-refractivity contribution < 1.29 is 42.9 Å². The van der Waals surface area contributed by atoms with Gasteiger partial charge in [0.25, 0.3) is 6.29 Å². The Morgan fingerprint density at radius 1 is 0.345 bits per heavy atom. The second-order valence-corrected chi connectivity index (χ2v) is 24.8. The molecule has 9 heteroatoms. The molecule has 498 valence electrons. The molecule has 2 unspecified atom stereocenters. The highest BCUT2D eigenvalue weighted by molar-refractivity contribution is 5.71. The fraction of sp³-hybridized carbons (Fsp3) is 0.705. The molecule has 9 nitrogen and oxygen atoms in total. The Labute approximate surface area is 536 Å². The zero-order valence-corrected chi connectivity index (χ0v) is 56.9. The molecule has 0 rings (SSSR count). The van der Waals surface area contributed by atoms with Crippen LogP contribution in [0.3, 0.4) is 0 Å². The smallest absolute Gasteiger partial charge is 0.361 e. The third-order valence-corrected chi connectivity index (χ3v) is 15.2. The van der Waals surface area contributed by atoms with Gasteiger partial charge in [-0.05, 0) is 103 Å². The lowest BCUT2D eigenvalue weighted by molar-refractivity contribution is -0.870. The van der Waals surface area contributed by atoms with Gasteiger partial charge < -0.3 is 28.5 Å². The molecule has 0 aromatic heterocycles. The molecule has 0 heterocycles. The number of allylic oxidation sites excluding steroid dienone is 20. The fourth-order valence-electron chi connectivity index (χ4n) is 9.83. The molecular formula is C78H134NO8+. The standard InChI is InChI=1S/C78H133NO8/c1-6-8-10-12-14-16-18-20-22-24-26-28-30-32-34-35-36-37-38-39-40-41-43-44-46-48-50-52-54-56-58-60-62-64-66-68-75(80)85-72-74(73-86-78(77(82)83)84-71-70-79(3,4)5)87-76(81)69-67-65-63-61-59-57-55-53-51-49-47-45-42-33-31-29-27-25-23-21-19-17-15-13-11-9-7-2/h8-11,14-17,20-23,26-29,33,42,47,49,74,78H,6-7,12-13,18-19,24-25,30-32,34-41,43-46,48,50-73H2,1-5H3/p+1/b10-8-,11-9-,16-14-,17-15-,22-20-,23-21-,28-26-,29-27-,42-33-,49-47-. The van der Waals surface area contributed by atoms with Crippen molar-refractivity contribution in [2.75, 3.05) is 47.5 Å². The number of hydrogen-bond donors (Lipinski definition) is 1. The first-order valence-corrected chi connectivity index (χ1v) is 35.7. The third-order valence-electron chi connectivity index (χ3n) is 15.2. The van der Waals surface area contributed by atoms with Gasteiger partial charge in [0.1, 0.15) is 13.2 Å². The lowest BCUT2D eigenvalue weighted by atomic mass is 10.0. The van der Waals surface area contributed by atoms with Gasteiger partial charge in [0.2, 0.25) is 0 Å². The van der Waals surface area contributed by atoms with Gasteiger partial charge in [-0.3, -0.25) is 9.59 Å². The molecule has 0 bridgehead atoms. The number of nitrogens with zero attached hydrogens (tertiary/aromatic N) is 1. The first-order chi connectivity index (χ1) is 42.6. The molecular weight excluding hydrogens is 1080 g/mol. The summed E-state index contributed by atoms with van der Waals surface area (Å²) in [5.41, 5.74) is 0. The zero-order valence-electron chi connectivity index (χ0n) is 56.9. The van der Waals surface area contributed by atoms with Crippen LogP contribution in [0, 0.1) is 0 Å². The molecule has 0 aromatic carbocycles. The van der Waals surface area contributed by atoms with Crippen molar-refractivity contribution in [3.63, 3.8) is 0 Å². The highest BCUT2D eigenvalue weighted by Crippen LogP contribution is 2.18. The summed E-state index contributed by atoms with van der Waals surface area (Å²) >= 11 is 0. The predicted molar refractivity (Wildman–Crippen MR) is 373 cm³/mol. The van der Waals surface area contributed by atoms with E-state index >= 15 is 0 Å². The van der Waals surface area contributed by atoms with E-state index in [1.165, 1.54) is 154 Å². The maximum Gasteiger partial charge on any atom is 0.361 e. The van der Waals surface area contributed by atoms with Crippen LogP contribution in [0.1, 0.15) is 296 Å². The fourth-order valence-corrected chi connectivity index (χ4v) is 9.83. The second-order valence-electron chi connectivity index (χ2n) is 24.8. The lowest BCUT2D eigenvalue weighted by Gasteiger charge is -2.25. The minimum absolute atomic E-state index is 0.182. The highest BCUT2D eigenvalue weighted by atomic mass is 16.7. The first-order valence-electron chi connectivity index (χ1n) is 35.7. The average Bonchev–Trinajstić information content (AvgIpc) is 3.56. The van der Waals surface area contributed by atoms with Crippen LogP contribution in [0.5, 0.6) is 0 Å². The van der Waals surface area contributed by atoms with Crippen LogP contribution in [0.15, 0.2) is 122 Å². The van der Waals surface area contributed by atoms with Crippen LogP contribution in [0.25, 0.3) is 0 Å². The molecule has 0 aliphatic rings. The maximum absolute atomic E-state index is 12.9. The summed E-state index contributed by atoms with van der Waals surface area (Å²) in [6.07, 6.45) is 93.2. The Balaban J connectivity index is 4.09. The molecule has 0 saturated carbocycles. The molecule has 0 saturated heterocycles. The Hall–Kier alpha value is -4.31. The summed E-state index contributed by atoms with van der Waals surface area (Å²) in [6, 6.07) is 0. The van der Waals surface area contributed by atoms with Crippen molar-refractivity contribution in [2.45, 2.75) is 309 Å². The number of aliphatic carboxylic acids is 1. The van der Waals surface area contributed by atoms with E-state index in [0.29, 0.717) is 23.9 Å². The van der Waals surface area contributed by atoms with E-state index in [9.17, 15) is 19.5 Å². The molecule has 0 radical (unpaired) electrons. The van der Waals surface area contributed by atoms with E-state index < -0.39 is 24.3 Å². The number of hydrogen-bond acceptors (Lipinski definition) is 7. The van der Waals surface area contributed by atoms with Crippen LogP contribution < -0.4 is 0 Å². The van der Waals surface area contributed by atoms with Gasteiger partial charge in [0, 0.05) is 12.8 Å². The van der Waals surface area contributed by atoms with Crippen LogP contribution in [-0.4, -0.2) is 87.4 Å². The van der Waals surface area contributed by atoms with Gasteiger partial charge in [-0.1, -0.05) is 302 Å². The number of carboxylic acid groups (broad SMARTS) is 1. The van der Waals surface area contributed by atoms with Gasteiger partial charge >= 0.3 is 17.9 Å². The lowest BCUT2D eigenvalue weighted by Crippen LogP contribution is -2.40. The minimum Gasteiger partial charge on any atom is -0.477 e. The van der Waals surface area contributed by atoms with Gasteiger partial charge in [-0.2, -0.15) is 0 Å². The van der Waals surface area contributed by atoms with E-state index in [-0.39, 0.29) is 32.2 Å². The molecule has 0 spiro atoms. The number of unbranched alkanes of at least 4 members (excludes halogenated alkanes) is 30. The van der Waals surface area contributed by atoms with Gasteiger partial charge in [-0.15, -0.1) is 0 Å². The van der Waals surface area contributed by atoms with Crippen molar-refractivity contribution in [2.24, 2.45) is 0 Å². The second kappa shape index (κ2) is 67.6. The molecule has 0 amide bonds. The van der Waals surface area contributed by atoms with Gasteiger partial charge in [0.15, 0.2) is 6.10 Å². The summed E-state index contributed by atoms with van der Waals surface area (Å²) in [4.78, 5) is 37.6. The summed E-state index contributed by atoms with van der Waals surface area (Å²) in [5.74, 6) is -2.01. The van der Waals surface area contributed by atoms with Gasteiger partial charge in [0.05, 0.1) is 34.4 Å². The molecule has 87 heavy (non-hydrogen) atoms. The van der Waals surface area contributed by atoms with Crippen molar-refractivity contribution >= 4 is 17.9 Å². The zero-order chi connectivity index (χ0) is 63.3. The molecule has 0 aliphatic carbocycles. The molecule has 0 aliphatic heterocycles. The monoisotopic (exact) mass is 1210 g/mol. The van der Waals surface area contributed by atoms with Crippen molar-refractivity contribution in [3.8, 4) is 0 Å². The Morgan fingerprint density at radius 2 is 0.621 bits per heavy atom. The van der Waals surface area contributed by atoms with E-state index in [0.717, 1.165) is 109 Å². The SMILES string of the molecule is CC/C=C\C/C=C\C/C=C\C/C=C\C/C=C\C/C=C\CCCCCCCCCCC(=O)OC(COC(=O)CCCCCCCCCCCCCCCCCCCCCCCC/C=C\C/C=C\C/C=C\C/C=C\CC)COC(OCC[N+](C)(C)C)C(=O)O. The average molecular weight is 1210 g/mol. The topological polar surface area (TPSA) is 108 Å². The number of rotatable bonds is 65. The molecule has 2 atom stereocenters. The maximum atomic E-state index is 12.9. The van der Waals surface area contributed by atoms with Crippen LogP contribution in [-0.2, 0) is 33.3 Å². The number of carboxylic acids is 1. The minimum atomic E-state index is -1.52. The first kappa shape index (κ1) is 82.7. The Bertz CT molecular complexity index is 1840. The summed E-state index contributed by atoms with van der Waals surface area (Å²) in [7, 11) is 5.97. The van der Waals surface area contributed by atoms with Crippen LogP contribution in [0.2, 0.25) is 0 Å². The highest BCUT2D eigenvalue weighted by Gasteiger charge is 2.25. The van der Waals surface area contributed by atoms with Gasteiger partial charge in [-0.25, -0.2) is 4.79 Å². The Morgan fingerprint density at radius 3 is 0.920 bits per heavy atom. The summed E-state index contributed by atoms with van der Waals surface area (Å²) < 4.78 is 23.0. The number of likely N-dealkylation sites (N-methyl/N-ethyl adjacent to an activating group) is 1. The Kier molecular flexibility index (Phi) is 64.3. The number of esters is 2. The summed E-state index contributed by atoms with van der Waals surface area (Å²) in [6.45, 7) is 4.66. The number of quaternary nitrogens is 1. The van der Waals surface area contributed by atoms with E-state index in [2.05, 4.69) is 135 Å². The van der Waals surface area contributed by atoms with E-state index in [4.69, 9.17) is 18.9 Å². The van der Waals surface area contributed by atoms with Crippen LogP contribution >= 0.6 is 0 Å². The van der Waals surface area contributed by atoms with Crippen molar-refractivity contribution in [1.82, 2.24) is 0 Å². The van der Waals surface area contributed by atoms with E-state index in [1.54, 1.807) is 0 Å². The largest absolute Gasteiger partial charge is 0.477 e. The quantitative estimate of drug-likeness (QED) is 0.0211. The van der Waals surface area contributed by atoms with Crippen LogP contribution in [0.4, 0.5) is 0 Å². The van der Waals surface area contributed by atoms with Crippen molar-refractivity contribution in [1.29, 1.82) is 0 Å². The normalized spacial score (nSPS) is 13.4. The van der Waals surface area contributed by atoms with E-state index in [1.807, 2.05) is 21.1 Å². The van der Waals surface area contributed by atoms with Crippen molar-refractivity contribution in [3.05, 3.63) is 122 Å². The molecule has 1 N–H and O–H groups in total. The number of ether oxygens (including phenoxy) is 4. The molecule has 0 aromatic rings. The number of carbonyl (C=O) groups is 3. The predicted octanol–water partition coefficient (Wildman–Crippen LogP) is 22.4. The third kappa shape index (κ3) is 69.0.